The van der Waals surface area contributed by atoms with Crippen LogP contribution in [0.4, 0.5) is 0 Å². The topological polar surface area (TPSA) is 90.3 Å². The predicted molar refractivity (Wildman–Crippen MR) is 122 cm³/mol. The minimum absolute atomic E-state index is 0.0296. The number of aryl methyl sites for hydroxylation is 2. The van der Waals surface area contributed by atoms with Gasteiger partial charge in [-0.25, -0.2) is 9.78 Å². The third-order valence-corrected chi connectivity index (χ3v) is 7.57. The Hall–Kier alpha value is -2.65. The number of hydrogen-bond acceptors (Lipinski definition) is 7. The number of thiophene rings is 1. The molecule has 7 nitrogen and oxygen atoms in total. The summed E-state index contributed by atoms with van der Waals surface area (Å²) < 4.78 is 6.22. The highest BCUT2D eigenvalue weighted by Crippen LogP contribution is 2.34. The van der Waals surface area contributed by atoms with E-state index in [1.165, 1.54) is 29.3 Å². The molecule has 0 saturated carbocycles. The Bertz CT molecular complexity index is 1200. The van der Waals surface area contributed by atoms with E-state index < -0.39 is 5.97 Å². The first kappa shape index (κ1) is 21.6. The molecule has 0 aliphatic heterocycles. The van der Waals surface area contributed by atoms with Crippen LogP contribution in [0.1, 0.15) is 39.2 Å². The summed E-state index contributed by atoms with van der Waals surface area (Å²) in [6.07, 6.45) is 4.24. The number of carbonyl (C=O) groups excluding carboxylic acids is 2. The van der Waals surface area contributed by atoms with Crippen LogP contribution >= 0.6 is 23.1 Å². The monoisotopic (exact) mass is 457 g/mol. The van der Waals surface area contributed by atoms with Gasteiger partial charge in [0.15, 0.2) is 5.16 Å². The maximum absolute atomic E-state index is 12.9. The van der Waals surface area contributed by atoms with Gasteiger partial charge in [0, 0.05) is 18.5 Å². The summed E-state index contributed by atoms with van der Waals surface area (Å²) in [7, 11) is 3.05. The number of amides is 1. The van der Waals surface area contributed by atoms with E-state index in [2.05, 4.69) is 15.0 Å². The Morgan fingerprint density at radius 1 is 1.23 bits per heavy atom. The van der Waals surface area contributed by atoms with Crippen molar-refractivity contribution in [2.24, 2.45) is 7.05 Å². The average Bonchev–Trinajstić information content (AvgIpc) is 3.17. The molecule has 4 rings (SSSR count). The molecular weight excluding hydrogens is 434 g/mol. The summed E-state index contributed by atoms with van der Waals surface area (Å²) in [5.74, 6) is -0.382. The lowest BCUT2D eigenvalue weighted by Gasteiger charge is -2.11. The number of rotatable bonds is 6. The van der Waals surface area contributed by atoms with E-state index in [0.717, 1.165) is 41.5 Å². The zero-order valence-electron chi connectivity index (χ0n) is 17.4. The van der Waals surface area contributed by atoms with Crippen molar-refractivity contribution in [3.8, 4) is 0 Å². The SMILES string of the molecule is COC(=O)c1ccc(CNC(=O)CSc2nc3sc4c(c3c(=O)n2C)CCCC4)cc1. The van der Waals surface area contributed by atoms with Crippen molar-refractivity contribution in [3.63, 3.8) is 0 Å². The Morgan fingerprint density at radius 2 is 1.97 bits per heavy atom. The summed E-state index contributed by atoms with van der Waals surface area (Å²) >= 11 is 2.87. The molecule has 2 heterocycles. The minimum Gasteiger partial charge on any atom is -0.465 e. The molecule has 1 aliphatic rings. The number of benzene rings is 1. The Labute approximate surface area is 187 Å². The fourth-order valence-electron chi connectivity index (χ4n) is 3.65. The highest BCUT2D eigenvalue weighted by atomic mass is 32.2. The van der Waals surface area contributed by atoms with E-state index in [0.29, 0.717) is 17.3 Å². The van der Waals surface area contributed by atoms with Crippen LogP contribution in [0.25, 0.3) is 10.2 Å². The molecule has 3 aromatic rings. The van der Waals surface area contributed by atoms with Crippen molar-refractivity contribution in [3.05, 3.63) is 56.2 Å². The molecule has 1 aromatic carbocycles. The van der Waals surface area contributed by atoms with Gasteiger partial charge in [-0.05, 0) is 48.9 Å². The maximum Gasteiger partial charge on any atom is 0.337 e. The highest BCUT2D eigenvalue weighted by molar-refractivity contribution is 7.99. The molecule has 0 radical (unpaired) electrons. The second-order valence-corrected chi connectivity index (χ2v) is 9.43. The van der Waals surface area contributed by atoms with Gasteiger partial charge in [0.05, 0.1) is 23.8 Å². The van der Waals surface area contributed by atoms with Gasteiger partial charge in [-0.1, -0.05) is 23.9 Å². The number of nitrogens with one attached hydrogen (secondary N) is 1. The van der Waals surface area contributed by atoms with E-state index in [9.17, 15) is 14.4 Å². The van der Waals surface area contributed by atoms with Crippen molar-refractivity contribution < 1.29 is 14.3 Å². The van der Waals surface area contributed by atoms with Crippen molar-refractivity contribution in [1.29, 1.82) is 0 Å². The number of esters is 1. The number of hydrogen-bond donors (Lipinski definition) is 1. The molecule has 0 bridgehead atoms. The van der Waals surface area contributed by atoms with Crippen LogP contribution < -0.4 is 10.9 Å². The largest absolute Gasteiger partial charge is 0.465 e. The summed E-state index contributed by atoms with van der Waals surface area (Å²) in [6, 6.07) is 6.88. The van der Waals surface area contributed by atoms with Crippen LogP contribution in [0, 0.1) is 0 Å². The van der Waals surface area contributed by atoms with Gasteiger partial charge in [0.1, 0.15) is 4.83 Å². The Kier molecular flexibility index (Phi) is 6.43. The first-order valence-electron chi connectivity index (χ1n) is 10.1. The molecular formula is C22H23N3O4S2. The van der Waals surface area contributed by atoms with Crippen LogP contribution in [-0.4, -0.2) is 34.3 Å². The van der Waals surface area contributed by atoms with Gasteiger partial charge in [-0.15, -0.1) is 11.3 Å². The van der Waals surface area contributed by atoms with Crippen molar-refractivity contribution >= 4 is 45.2 Å². The number of methoxy groups -OCH3 is 1. The third kappa shape index (κ3) is 4.52. The predicted octanol–water partition coefficient (Wildman–Crippen LogP) is 3.07. The number of ether oxygens (including phenoxy) is 1. The Balaban J connectivity index is 1.39. The number of thioether (sulfide) groups is 1. The smallest absolute Gasteiger partial charge is 0.337 e. The molecule has 162 valence electrons. The Morgan fingerprint density at radius 3 is 2.71 bits per heavy atom. The van der Waals surface area contributed by atoms with E-state index in [-0.39, 0.29) is 17.2 Å². The standard InChI is InChI=1S/C22H23N3O4S2/c1-25-20(27)18-15-5-3-4-6-16(15)31-19(18)24-22(25)30-12-17(26)23-11-13-7-9-14(10-8-13)21(28)29-2/h7-10H,3-6,11-12H2,1-2H3,(H,23,26). The summed E-state index contributed by atoms with van der Waals surface area (Å²) in [5, 5.41) is 4.16. The molecule has 31 heavy (non-hydrogen) atoms. The molecule has 1 amide bonds. The van der Waals surface area contributed by atoms with Crippen LogP contribution in [-0.2, 0) is 36.0 Å². The van der Waals surface area contributed by atoms with Crippen LogP contribution in [0.3, 0.4) is 0 Å². The molecule has 0 fully saturated rings. The highest BCUT2D eigenvalue weighted by Gasteiger charge is 2.21. The lowest BCUT2D eigenvalue weighted by Crippen LogP contribution is -2.26. The molecule has 9 heteroatoms. The quantitative estimate of drug-likeness (QED) is 0.348. The van der Waals surface area contributed by atoms with Gasteiger partial charge in [-0.3, -0.25) is 14.2 Å². The first-order chi connectivity index (χ1) is 15.0. The molecule has 0 saturated heterocycles. The number of nitrogens with zero attached hydrogens (tertiary/aromatic N) is 2. The second-order valence-electron chi connectivity index (χ2n) is 7.40. The van der Waals surface area contributed by atoms with Gasteiger partial charge in [0.2, 0.25) is 5.91 Å². The second kappa shape index (κ2) is 9.23. The lowest BCUT2D eigenvalue weighted by atomic mass is 9.97. The lowest BCUT2D eigenvalue weighted by molar-refractivity contribution is -0.118. The van der Waals surface area contributed by atoms with Crippen LogP contribution in [0.2, 0.25) is 0 Å². The number of aromatic nitrogens is 2. The van der Waals surface area contributed by atoms with Crippen LogP contribution in [0.15, 0.2) is 34.2 Å². The van der Waals surface area contributed by atoms with Crippen LogP contribution in [0.5, 0.6) is 0 Å². The third-order valence-electron chi connectivity index (χ3n) is 5.35. The molecule has 1 aliphatic carbocycles. The van der Waals surface area contributed by atoms with Crippen molar-refractivity contribution in [1.82, 2.24) is 14.9 Å². The van der Waals surface area contributed by atoms with E-state index in [1.54, 1.807) is 47.2 Å². The fraction of sp³-hybridized carbons (Fsp3) is 0.364. The van der Waals surface area contributed by atoms with Gasteiger partial charge in [-0.2, -0.15) is 0 Å². The zero-order chi connectivity index (χ0) is 22.0. The summed E-state index contributed by atoms with van der Waals surface area (Å²) in [6.45, 7) is 0.351. The molecule has 0 unspecified atom stereocenters. The van der Waals surface area contributed by atoms with E-state index in [4.69, 9.17) is 0 Å². The van der Waals surface area contributed by atoms with Gasteiger partial charge in [0.25, 0.3) is 5.56 Å². The first-order valence-corrected chi connectivity index (χ1v) is 11.9. The normalized spacial score (nSPS) is 13.1. The van der Waals surface area contributed by atoms with Crippen molar-refractivity contribution in [2.75, 3.05) is 12.9 Å². The number of fused-ring (bicyclic) bond motifs is 3. The number of carbonyl (C=O) groups is 2. The van der Waals surface area contributed by atoms with E-state index in [1.807, 2.05) is 0 Å². The van der Waals surface area contributed by atoms with Gasteiger partial charge < -0.3 is 10.1 Å². The minimum atomic E-state index is -0.395. The molecule has 0 atom stereocenters. The molecule has 1 N–H and O–H groups in total. The zero-order valence-corrected chi connectivity index (χ0v) is 19.0. The average molecular weight is 458 g/mol. The molecule has 0 spiro atoms. The summed E-state index contributed by atoms with van der Waals surface area (Å²) in [5.41, 5.74) is 2.48. The molecule has 2 aromatic heterocycles. The fourth-order valence-corrected chi connectivity index (χ4v) is 5.76. The maximum atomic E-state index is 12.9. The van der Waals surface area contributed by atoms with E-state index >= 15 is 0 Å². The summed E-state index contributed by atoms with van der Waals surface area (Å²) in [4.78, 5) is 43.5. The van der Waals surface area contributed by atoms with Gasteiger partial charge >= 0.3 is 5.97 Å². The van der Waals surface area contributed by atoms with Crippen molar-refractivity contribution in [2.45, 2.75) is 37.4 Å².